The number of amides is 1. The fourth-order valence-electron chi connectivity index (χ4n) is 4.00. The molecule has 0 aliphatic heterocycles. The number of aromatic nitrogens is 4. The number of hydrogen-bond acceptors (Lipinski definition) is 5. The van der Waals surface area contributed by atoms with Crippen molar-refractivity contribution in [2.24, 2.45) is 0 Å². The number of aryl methyl sites for hydroxylation is 1. The van der Waals surface area contributed by atoms with E-state index in [9.17, 15) is 4.79 Å². The molecule has 0 atom stereocenters. The van der Waals surface area contributed by atoms with Crippen LogP contribution in [0.4, 0.5) is 5.69 Å². The van der Waals surface area contributed by atoms with E-state index in [1.165, 1.54) is 0 Å². The topological polar surface area (TPSA) is 92.8 Å². The number of allylic oxidation sites excluding steroid dienone is 2. The first-order valence-electron chi connectivity index (χ1n) is 12.2. The summed E-state index contributed by atoms with van der Waals surface area (Å²) >= 11 is 0. The van der Waals surface area contributed by atoms with Gasteiger partial charge < -0.3 is 10.1 Å². The van der Waals surface area contributed by atoms with E-state index in [0.29, 0.717) is 30.3 Å². The van der Waals surface area contributed by atoms with Crippen LogP contribution in [-0.2, 0) is 17.6 Å². The summed E-state index contributed by atoms with van der Waals surface area (Å²) in [5, 5.41) is 17.7. The van der Waals surface area contributed by atoms with Crippen molar-refractivity contribution >= 4 is 11.6 Å². The molecular weight excluding hydrogens is 450 g/mol. The molecule has 0 aliphatic rings. The molecule has 1 amide bonds. The number of rotatable bonds is 10. The minimum Gasteiger partial charge on any atom is -0.491 e. The normalized spacial score (nSPS) is 11.1. The van der Waals surface area contributed by atoms with E-state index in [2.05, 4.69) is 45.0 Å². The summed E-state index contributed by atoms with van der Waals surface area (Å²) in [5.41, 5.74) is 6.49. The quantitative estimate of drug-likeness (QED) is 0.274. The molecule has 0 radical (unpaired) electrons. The molecule has 1 heterocycles. The zero-order valence-electron chi connectivity index (χ0n) is 20.9. The maximum atomic E-state index is 13.1. The van der Waals surface area contributed by atoms with Crippen LogP contribution in [0.1, 0.15) is 37.0 Å². The maximum absolute atomic E-state index is 13.1. The van der Waals surface area contributed by atoms with Crippen LogP contribution in [-0.4, -0.2) is 33.1 Å². The fraction of sp³-hybridized carbons (Fsp3) is 0.241. The molecule has 0 saturated heterocycles. The van der Waals surface area contributed by atoms with E-state index in [0.717, 1.165) is 39.8 Å². The Morgan fingerprint density at radius 1 is 1.08 bits per heavy atom. The van der Waals surface area contributed by atoms with E-state index in [-0.39, 0.29) is 12.3 Å². The summed E-state index contributed by atoms with van der Waals surface area (Å²) in [4.78, 5) is 13.1. The first-order valence-corrected chi connectivity index (χ1v) is 12.2. The molecule has 36 heavy (non-hydrogen) atoms. The van der Waals surface area contributed by atoms with Crippen molar-refractivity contribution in [1.29, 1.82) is 0 Å². The number of H-pyrrole nitrogens is 1. The fourth-order valence-corrected chi connectivity index (χ4v) is 4.00. The van der Waals surface area contributed by atoms with Gasteiger partial charge in [-0.05, 0) is 60.7 Å². The Balaban J connectivity index is 1.77. The van der Waals surface area contributed by atoms with Gasteiger partial charge in [-0.2, -0.15) is 5.21 Å². The Bertz CT molecular complexity index is 1330. The highest BCUT2D eigenvalue weighted by molar-refractivity contribution is 5.95. The second kappa shape index (κ2) is 11.9. The summed E-state index contributed by atoms with van der Waals surface area (Å²) in [7, 11) is 0. The number of hydrogen-bond donors (Lipinski definition) is 2. The second-order valence-corrected chi connectivity index (χ2v) is 8.63. The van der Waals surface area contributed by atoms with E-state index in [1.807, 2.05) is 74.5 Å². The zero-order valence-corrected chi connectivity index (χ0v) is 20.9. The molecule has 4 rings (SSSR count). The number of nitrogens with one attached hydrogen (secondary N) is 2. The van der Waals surface area contributed by atoms with Crippen LogP contribution in [0.5, 0.6) is 5.75 Å². The van der Waals surface area contributed by atoms with Gasteiger partial charge in [-0.15, -0.1) is 10.2 Å². The van der Waals surface area contributed by atoms with Gasteiger partial charge in [0.05, 0.1) is 18.7 Å². The molecule has 0 spiro atoms. The average Bonchev–Trinajstić information content (AvgIpc) is 3.43. The Morgan fingerprint density at radius 2 is 1.86 bits per heavy atom. The second-order valence-electron chi connectivity index (χ2n) is 8.63. The number of carbonyl (C=O) groups excluding carboxylic acids is 1. The lowest BCUT2D eigenvalue weighted by atomic mass is 9.95. The lowest BCUT2D eigenvalue weighted by Crippen LogP contribution is -2.16. The van der Waals surface area contributed by atoms with Crippen molar-refractivity contribution in [3.8, 4) is 28.3 Å². The van der Waals surface area contributed by atoms with E-state index < -0.39 is 0 Å². The highest BCUT2D eigenvalue weighted by Gasteiger charge is 2.18. The van der Waals surface area contributed by atoms with Crippen molar-refractivity contribution in [2.75, 3.05) is 11.9 Å². The molecule has 7 nitrogen and oxygen atoms in total. The molecule has 184 valence electrons. The van der Waals surface area contributed by atoms with Gasteiger partial charge in [0.25, 0.3) is 0 Å². The Morgan fingerprint density at radius 3 is 2.56 bits per heavy atom. The zero-order chi connectivity index (χ0) is 25.3. The van der Waals surface area contributed by atoms with Crippen LogP contribution in [0.25, 0.3) is 22.5 Å². The van der Waals surface area contributed by atoms with Gasteiger partial charge >= 0.3 is 0 Å². The van der Waals surface area contributed by atoms with Gasteiger partial charge in [-0.3, -0.25) is 4.79 Å². The largest absolute Gasteiger partial charge is 0.491 e. The minimum absolute atomic E-state index is 0.0965. The van der Waals surface area contributed by atoms with E-state index in [1.54, 1.807) is 0 Å². The Labute approximate surface area is 211 Å². The predicted molar refractivity (Wildman–Crippen MR) is 143 cm³/mol. The van der Waals surface area contributed by atoms with Gasteiger partial charge in [-0.1, -0.05) is 73.2 Å². The molecule has 0 aliphatic carbocycles. The van der Waals surface area contributed by atoms with Crippen LogP contribution in [0.3, 0.4) is 0 Å². The average molecular weight is 482 g/mol. The van der Waals surface area contributed by atoms with E-state index >= 15 is 0 Å². The number of ether oxygens (including phenoxy) is 1. The van der Waals surface area contributed by atoms with Crippen LogP contribution >= 0.6 is 0 Å². The lowest BCUT2D eigenvalue weighted by Gasteiger charge is -2.19. The third-order valence-electron chi connectivity index (χ3n) is 5.77. The molecule has 1 aromatic heterocycles. The predicted octanol–water partition coefficient (Wildman–Crippen LogP) is 5.93. The van der Waals surface area contributed by atoms with Crippen molar-refractivity contribution in [3.63, 3.8) is 0 Å². The summed E-state index contributed by atoms with van der Waals surface area (Å²) in [6.07, 6.45) is 5.91. The first kappa shape index (κ1) is 24.9. The van der Waals surface area contributed by atoms with Crippen LogP contribution in [0.15, 0.2) is 72.8 Å². The van der Waals surface area contributed by atoms with Crippen molar-refractivity contribution < 1.29 is 9.53 Å². The summed E-state index contributed by atoms with van der Waals surface area (Å²) in [6, 6.07) is 20.0. The molecule has 0 unspecified atom stereocenters. The molecule has 3 aromatic carbocycles. The third-order valence-corrected chi connectivity index (χ3v) is 5.77. The number of anilines is 1. The van der Waals surface area contributed by atoms with Crippen molar-refractivity contribution in [1.82, 2.24) is 20.6 Å². The SMILES string of the molecule is C/C=C/Cc1cc(-c2ccccc2-c2nn[nH]n2)cc(NC(=O)Cc2ccc(C)cc2)c1OCCC. The molecule has 7 heteroatoms. The first-order chi connectivity index (χ1) is 17.6. The Hall–Kier alpha value is -4.26. The van der Waals surface area contributed by atoms with Crippen LogP contribution in [0, 0.1) is 6.92 Å². The molecule has 0 bridgehead atoms. The molecule has 2 N–H and O–H groups in total. The standard InChI is InChI=1S/C29H31N5O2/c1-4-6-9-22-18-23(24-10-7-8-11-25(24)29-31-33-34-32-29)19-26(28(22)36-16-5-2)30-27(35)17-21-14-12-20(3)13-15-21/h4,6-8,10-15,18-19H,5,9,16-17H2,1-3H3,(H,30,35)(H,31,32,33,34)/b6-4+. The van der Waals surface area contributed by atoms with Crippen LogP contribution in [0.2, 0.25) is 0 Å². The summed E-state index contributed by atoms with van der Waals surface area (Å²) in [5.74, 6) is 1.12. The van der Waals surface area contributed by atoms with Gasteiger partial charge in [-0.25, -0.2) is 0 Å². The number of tetrazole rings is 1. The van der Waals surface area contributed by atoms with Gasteiger partial charge in [0.1, 0.15) is 5.75 Å². The smallest absolute Gasteiger partial charge is 0.228 e. The maximum Gasteiger partial charge on any atom is 0.228 e. The molecular formula is C29H31N5O2. The van der Waals surface area contributed by atoms with Crippen molar-refractivity contribution in [2.45, 2.75) is 40.0 Å². The number of aromatic amines is 1. The molecule has 0 fully saturated rings. The lowest BCUT2D eigenvalue weighted by molar-refractivity contribution is -0.115. The highest BCUT2D eigenvalue weighted by Crippen LogP contribution is 2.38. The number of benzene rings is 3. The van der Waals surface area contributed by atoms with Crippen molar-refractivity contribution in [3.05, 3.63) is 89.5 Å². The number of carbonyl (C=O) groups is 1. The molecule has 0 saturated carbocycles. The van der Waals surface area contributed by atoms with Crippen LogP contribution < -0.4 is 10.1 Å². The third kappa shape index (κ3) is 6.05. The Kier molecular flexibility index (Phi) is 8.24. The van der Waals surface area contributed by atoms with Gasteiger partial charge in [0, 0.05) is 11.1 Å². The molecule has 4 aromatic rings. The van der Waals surface area contributed by atoms with E-state index in [4.69, 9.17) is 4.74 Å². The van der Waals surface area contributed by atoms with Gasteiger partial charge in [0.2, 0.25) is 11.7 Å². The summed E-state index contributed by atoms with van der Waals surface area (Å²) in [6.45, 7) is 6.65. The summed E-state index contributed by atoms with van der Waals surface area (Å²) < 4.78 is 6.19. The monoisotopic (exact) mass is 481 g/mol. The highest BCUT2D eigenvalue weighted by atomic mass is 16.5. The minimum atomic E-state index is -0.0965. The number of nitrogens with zero attached hydrogens (tertiary/aromatic N) is 3. The van der Waals surface area contributed by atoms with Gasteiger partial charge in [0.15, 0.2) is 0 Å².